The highest BCUT2D eigenvalue weighted by Gasteiger charge is 2.09. The number of ether oxygens (including phenoxy) is 2. The minimum atomic E-state index is -0.351. The second kappa shape index (κ2) is 5.89. The summed E-state index contributed by atoms with van der Waals surface area (Å²) >= 11 is 0. The SMILES string of the molecule is COc1ccc(-c2cc(CC#N)c(=O)[nH]n2)cc1OC. The van der Waals surface area contributed by atoms with Crippen LogP contribution >= 0.6 is 0 Å². The molecule has 0 aliphatic rings. The Kier molecular flexibility index (Phi) is 4.01. The first-order valence-corrected chi connectivity index (χ1v) is 5.87. The number of aromatic nitrogens is 2. The van der Waals surface area contributed by atoms with Gasteiger partial charge in [-0.15, -0.1) is 0 Å². The molecule has 0 aliphatic heterocycles. The Bertz CT molecular complexity index is 716. The van der Waals surface area contributed by atoms with Gasteiger partial charge in [0.25, 0.3) is 5.56 Å². The minimum absolute atomic E-state index is 0.0398. The number of nitrogens with zero attached hydrogens (tertiary/aromatic N) is 2. The third-order valence-electron chi connectivity index (χ3n) is 2.83. The lowest BCUT2D eigenvalue weighted by molar-refractivity contribution is 0.355. The topological polar surface area (TPSA) is 88.0 Å². The molecule has 102 valence electrons. The molecule has 0 radical (unpaired) electrons. The van der Waals surface area contributed by atoms with Gasteiger partial charge in [-0.2, -0.15) is 10.4 Å². The normalized spacial score (nSPS) is 9.85. The fourth-order valence-electron chi connectivity index (χ4n) is 1.81. The van der Waals surface area contributed by atoms with E-state index >= 15 is 0 Å². The molecule has 0 saturated heterocycles. The quantitative estimate of drug-likeness (QED) is 0.910. The summed E-state index contributed by atoms with van der Waals surface area (Å²) < 4.78 is 10.4. The van der Waals surface area contributed by atoms with Gasteiger partial charge in [0.2, 0.25) is 0 Å². The van der Waals surface area contributed by atoms with Crippen molar-refractivity contribution in [3.05, 3.63) is 40.2 Å². The standard InChI is InChI=1S/C14H13N3O3/c1-19-12-4-3-9(8-13(12)20-2)11-7-10(5-6-15)14(18)17-16-11/h3-4,7-8H,5H2,1-2H3,(H,17,18). The molecule has 0 atom stereocenters. The molecular weight excluding hydrogens is 258 g/mol. The zero-order chi connectivity index (χ0) is 14.5. The van der Waals surface area contributed by atoms with E-state index in [0.29, 0.717) is 22.8 Å². The van der Waals surface area contributed by atoms with Crippen molar-refractivity contribution in [1.82, 2.24) is 10.2 Å². The highest BCUT2D eigenvalue weighted by molar-refractivity contribution is 5.64. The van der Waals surface area contributed by atoms with Crippen LogP contribution in [0.3, 0.4) is 0 Å². The number of nitrogens with one attached hydrogen (secondary N) is 1. The Morgan fingerprint density at radius 3 is 2.65 bits per heavy atom. The molecule has 20 heavy (non-hydrogen) atoms. The average molecular weight is 271 g/mol. The molecule has 2 rings (SSSR count). The molecule has 0 unspecified atom stereocenters. The van der Waals surface area contributed by atoms with Gasteiger partial charge in [0.1, 0.15) is 0 Å². The van der Waals surface area contributed by atoms with Crippen molar-refractivity contribution in [3.63, 3.8) is 0 Å². The summed E-state index contributed by atoms with van der Waals surface area (Å²) in [4.78, 5) is 11.5. The molecule has 1 aromatic heterocycles. The van der Waals surface area contributed by atoms with Crippen LogP contribution in [0.25, 0.3) is 11.3 Å². The van der Waals surface area contributed by atoms with Crippen molar-refractivity contribution in [2.75, 3.05) is 14.2 Å². The van der Waals surface area contributed by atoms with Crippen LogP contribution in [0.15, 0.2) is 29.1 Å². The van der Waals surface area contributed by atoms with E-state index in [-0.39, 0.29) is 12.0 Å². The first-order valence-electron chi connectivity index (χ1n) is 5.87. The lowest BCUT2D eigenvalue weighted by Crippen LogP contribution is -2.14. The fourth-order valence-corrected chi connectivity index (χ4v) is 1.81. The summed E-state index contributed by atoms with van der Waals surface area (Å²) in [7, 11) is 3.10. The van der Waals surface area contributed by atoms with Crippen molar-refractivity contribution in [1.29, 1.82) is 5.26 Å². The van der Waals surface area contributed by atoms with Crippen LogP contribution in [-0.4, -0.2) is 24.4 Å². The number of rotatable bonds is 4. The number of hydrogen-bond donors (Lipinski definition) is 1. The fraction of sp³-hybridized carbons (Fsp3) is 0.214. The number of hydrogen-bond acceptors (Lipinski definition) is 5. The van der Waals surface area contributed by atoms with E-state index in [1.165, 1.54) is 0 Å². The molecule has 0 fully saturated rings. The zero-order valence-electron chi connectivity index (χ0n) is 11.1. The monoisotopic (exact) mass is 271 g/mol. The highest BCUT2D eigenvalue weighted by atomic mass is 16.5. The van der Waals surface area contributed by atoms with Gasteiger partial charge in [-0.25, -0.2) is 5.10 Å². The minimum Gasteiger partial charge on any atom is -0.493 e. The van der Waals surface area contributed by atoms with Gasteiger partial charge in [-0.3, -0.25) is 4.79 Å². The van der Waals surface area contributed by atoms with Crippen LogP contribution < -0.4 is 15.0 Å². The first kappa shape index (κ1) is 13.6. The lowest BCUT2D eigenvalue weighted by atomic mass is 10.1. The number of aromatic amines is 1. The summed E-state index contributed by atoms with van der Waals surface area (Å²) in [6.45, 7) is 0. The molecule has 2 aromatic rings. The lowest BCUT2D eigenvalue weighted by Gasteiger charge is -2.09. The van der Waals surface area contributed by atoms with Gasteiger partial charge in [-0.05, 0) is 24.3 Å². The number of nitriles is 1. The third-order valence-corrected chi connectivity index (χ3v) is 2.83. The predicted octanol–water partition coefficient (Wildman–Crippen LogP) is 1.52. The second-order valence-electron chi connectivity index (χ2n) is 4.01. The van der Waals surface area contributed by atoms with Crippen molar-refractivity contribution >= 4 is 0 Å². The zero-order valence-corrected chi connectivity index (χ0v) is 11.1. The summed E-state index contributed by atoms with van der Waals surface area (Å²) in [6.07, 6.45) is 0.0398. The van der Waals surface area contributed by atoms with E-state index in [9.17, 15) is 4.79 Å². The number of H-pyrrole nitrogens is 1. The number of benzene rings is 1. The van der Waals surface area contributed by atoms with Crippen molar-refractivity contribution < 1.29 is 9.47 Å². The second-order valence-corrected chi connectivity index (χ2v) is 4.01. The molecule has 1 aromatic carbocycles. The molecule has 1 heterocycles. The van der Waals surface area contributed by atoms with Crippen LogP contribution in [0.1, 0.15) is 5.56 Å². The highest BCUT2D eigenvalue weighted by Crippen LogP contribution is 2.31. The number of methoxy groups -OCH3 is 2. The molecule has 1 N–H and O–H groups in total. The molecule has 6 nitrogen and oxygen atoms in total. The molecular formula is C14H13N3O3. The van der Waals surface area contributed by atoms with E-state index in [0.717, 1.165) is 5.56 Å². The van der Waals surface area contributed by atoms with Crippen LogP contribution in [0.5, 0.6) is 11.5 Å². The maximum absolute atomic E-state index is 11.5. The average Bonchev–Trinajstić information content (AvgIpc) is 2.49. The van der Waals surface area contributed by atoms with Crippen LogP contribution in [-0.2, 0) is 6.42 Å². The van der Waals surface area contributed by atoms with E-state index < -0.39 is 0 Å². The summed E-state index contributed by atoms with van der Waals surface area (Å²) in [5.41, 5.74) is 1.36. The Hall–Kier alpha value is -2.81. The summed E-state index contributed by atoms with van der Waals surface area (Å²) in [5, 5.41) is 15.1. The van der Waals surface area contributed by atoms with Crippen LogP contribution in [0.4, 0.5) is 0 Å². The Labute approximate surface area is 115 Å². The largest absolute Gasteiger partial charge is 0.493 e. The van der Waals surface area contributed by atoms with E-state index in [1.54, 1.807) is 38.5 Å². The van der Waals surface area contributed by atoms with Crippen LogP contribution in [0.2, 0.25) is 0 Å². The van der Waals surface area contributed by atoms with Gasteiger partial charge < -0.3 is 9.47 Å². The van der Waals surface area contributed by atoms with Crippen molar-refractivity contribution in [3.8, 4) is 28.8 Å². The van der Waals surface area contributed by atoms with Gasteiger partial charge in [0.05, 0.1) is 32.4 Å². The van der Waals surface area contributed by atoms with E-state index in [1.807, 2.05) is 6.07 Å². The van der Waals surface area contributed by atoms with Gasteiger partial charge in [0.15, 0.2) is 11.5 Å². The van der Waals surface area contributed by atoms with Gasteiger partial charge >= 0.3 is 0 Å². The van der Waals surface area contributed by atoms with Gasteiger partial charge in [-0.1, -0.05) is 0 Å². The summed E-state index contributed by atoms with van der Waals surface area (Å²) in [5.74, 6) is 1.18. The molecule has 0 spiro atoms. The smallest absolute Gasteiger partial charge is 0.268 e. The Morgan fingerprint density at radius 2 is 2.00 bits per heavy atom. The van der Waals surface area contributed by atoms with Gasteiger partial charge in [0, 0.05) is 11.1 Å². The molecule has 0 bridgehead atoms. The molecule has 0 amide bonds. The maximum atomic E-state index is 11.5. The third kappa shape index (κ3) is 2.62. The molecule has 0 aliphatic carbocycles. The first-order chi connectivity index (χ1) is 9.69. The summed E-state index contributed by atoms with van der Waals surface area (Å²) in [6, 6.07) is 8.87. The van der Waals surface area contributed by atoms with E-state index in [2.05, 4.69) is 10.2 Å². The predicted molar refractivity (Wildman–Crippen MR) is 72.7 cm³/mol. The maximum Gasteiger partial charge on any atom is 0.268 e. The van der Waals surface area contributed by atoms with Crippen molar-refractivity contribution in [2.24, 2.45) is 0 Å². The molecule has 6 heteroatoms. The van der Waals surface area contributed by atoms with Crippen molar-refractivity contribution in [2.45, 2.75) is 6.42 Å². The van der Waals surface area contributed by atoms with E-state index in [4.69, 9.17) is 14.7 Å². The molecule has 0 saturated carbocycles. The Balaban J connectivity index is 2.49. The van der Waals surface area contributed by atoms with Crippen LogP contribution in [0, 0.1) is 11.3 Å². The Morgan fingerprint density at radius 1 is 1.25 bits per heavy atom.